The van der Waals surface area contributed by atoms with Crippen LogP contribution in [0.2, 0.25) is 5.15 Å². The van der Waals surface area contributed by atoms with Crippen LogP contribution in [0.1, 0.15) is 32.9 Å². The summed E-state index contributed by atoms with van der Waals surface area (Å²) in [5.74, 6) is 1.30. The van der Waals surface area contributed by atoms with Crippen LogP contribution in [0.5, 0.6) is 5.75 Å². The molecule has 124 valence electrons. The number of pyridine rings is 2. The van der Waals surface area contributed by atoms with Crippen LogP contribution >= 0.6 is 11.6 Å². The minimum Gasteiger partial charge on any atom is -0.491 e. The topological polar surface area (TPSA) is 35.0 Å². The molecule has 0 spiro atoms. The van der Waals surface area contributed by atoms with Crippen molar-refractivity contribution in [3.05, 3.63) is 41.1 Å². The van der Waals surface area contributed by atoms with E-state index in [-0.39, 0.29) is 5.15 Å². The molecule has 0 fully saturated rings. The Hall–Kier alpha value is -1.68. The van der Waals surface area contributed by atoms with Gasteiger partial charge in [0.2, 0.25) is 0 Å². The standard InChI is InChI=1S/C18H22ClFN2O/c1-11(2)9-12(3)10-23-16-6-5-15(22-13(16)4)14-7-8-21-18(19)17(14)20/h5-8,11-12H,9-10H2,1-4H3/t12-/m1/s1. The Morgan fingerprint density at radius 3 is 2.61 bits per heavy atom. The highest BCUT2D eigenvalue weighted by Gasteiger charge is 2.13. The Kier molecular flexibility index (Phi) is 5.94. The van der Waals surface area contributed by atoms with Crippen molar-refractivity contribution < 1.29 is 9.13 Å². The first-order chi connectivity index (χ1) is 10.9. The second kappa shape index (κ2) is 7.73. The molecule has 0 aliphatic carbocycles. The number of hydrogen-bond acceptors (Lipinski definition) is 3. The SMILES string of the molecule is Cc1nc(-c2ccnc(Cl)c2F)ccc1OC[C@H](C)CC(C)C. The van der Waals surface area contributed by atoms with Crippen LogP contribution in [0.25, 0.3) is 11.3 Å². The highest BCUT2D eigenvalue weighted by molar-refractivity contribution is 6.29. The molecule has 0 amide bonds. The number of aromatic nitrogens is 2. The van der Waals surface area contributed by atoms with Gasteiger partial charge in [0, 0.05) is 11.8 Å². The maximum atomic E-state index is 14.0. The zero-order valence-electron chi connectivity index (χ0n) is 13.9. The van der Waals surface area contributed by atoms with Crippen LogP contribution in [0.3, 0.4) is 0 Å². The first kappa shape index (κ1) is 17.7. The second-order valence-corrected chi connectivity index (χ2v) is 6.65. The summed E-state index contributed by atoms with van der Waals surface area (Å²) in [4.78, 5) is 8.15. The first-order valence-electron chi connectivity index (χ1n) is 7.79. The van der Waals surface area contributed by atoms with E-state index in [4.69, 9.17) is 16.3 Å². The average molecular weight is 337 g/mol. The lowest BCUT2D eigenvalue weighted by Crippen LogP contribution is -2.11. The van der Waals surface area contributed by atoms with Gasteiger partial charge in [-0.05, 0) is 43.4 Å². The minimum atomic E-state index is -0.555. The van der Waals surface area contributed by atoms with E-state index >= 15 is 0 Å². The molecule has 5 heteroatoms. The van der Waals surface area contributed by atoms with Crippen LogP contribution in [0, 0.1) is 24.6 Å². The van der Waals surface area contributed by atoms with E-state index < -0.39 is 5.82 Å². The summed E-state index contributed by atoms with van der Waals surface area (Å²) in [5.41, 5.74) is 1.59. The summed E-state index contributed by atoms with van der Waals surface area (Å²) in [5, 5.41) is -0.148. The van der Waals surface area contributed by atoms with Crippen LogP contribution in [-0.4, -0.2) is 16.6 Å². The summed E-state index contributed by atoms with van der Waals surface area (Å²) in [6.45, 7) is 9.08. The smallest absolute Gasteiger partial charge is 0.169 e. The van der Waals surface area contributed by atoms with Crippen molar-refractivity contribution in [2.75, 3.05) is 6.61 Å². The predicted molar refractivity (Wildman–Crippen MR) is 91.3 cm³/mol. The molecule has 0 aromatic carbocycles. The van der Waals surface area contributed by atoms with E-state index in [1.54, 1.807) is 12.1 Å². The van der Waals surface area contributed by atoms with Gasteiger partial charge in [-0.2, -0.15) is 0 Å². The second-order valence-electron chi connectivity index (χ2n) is 6.29. The molecule has 2 heterocycles. The van der Waals surface area contributed by atoms with Gasteiger partial charge in [0.25, 0.3) is 0 Å². The highest BCUT2D eigenvalue weighted by atomic mass is 35.5. The minimum absolute atomic E-state index is 0.148. The number of ether oxygens (including phenoxy) is 1. The quantitative estimate of drug-likeness (QED) is 0.671. The Labute approximate surface area is 141 Å². The number of aryl methyl sites for hydroxylation is 1. The van der Waals surface area contributed by atoms with Gasteiger partial charge in [-0.1, -0.05) is 32.4 Å². The van der Waals surface area contributed by atoms with E-state index in [2.05, 4.69) is 30.7 Å². The van der Waals surface area contributed by atoms with Crippen LogP contribution in [0.4, 0.5) is 4.39 Å². The molecule has 0 unspecified atom stereocenters. The summed E-state index contributed by atoms with van der Waals surface area (Å²) in [6, 6.07) is 5.13. The third-order valence-corrected chi connectivity index (χ3v) is 3.82. The largest absolute Gasteiger partial charge is 0.491 e. The summed E-state index contributed by atoms with van der Waals surface area (Å²) in [7, 11) is 0. The van der Waals surface area contributed by atoms with Crippen molar-refractivity contribution in [1.29, 1.82) is 0 Å². The third-order valence-electron chi connectivity index (χ3n) is 3.56. The van der Waals surface area contributed by atoms with Crippen molar-refractivity contribution in [1.82, 2.24) is 9.97 Å². The number of nitrogens with zero attached hydrogens (tertiary/aromatic N) is 2. The number of hydrogen-bond donors (Lipinski definition) is 0. The highest BCUT2D eigenvalue weighted by Crippen LogP contribution is 2.27. The number of rotatable bonds is 6. The molecule has 0 saturated carbocycles. The van der Waals surface area contributed by atoms with Gasteiger partial charge in [0.1, 0.15) is 5.75 Å². The maximum absolute atomic E-state index is 14.0. The van der Waals surface area contributed by atoms with E-state index in [0.29, 0.717) is 29.7 Å². The van der Waals surface area contributed by atoms with E-state index in [0.717, 1.165) is 17.9 Å². The lowest BCUT2D eigenvalue weighted by Gasteiger charge is -2.16. The fourth-order valence-electron chi connectivity index (χ4n) is 2.57. The van der Waals surface area contributed by atoms with E-state index in [9.17, 15) is 4.39 Å². The zero-order valence-corrected chi connectivity index (χ0v) is 14.7. The molecule has 0 aliphatic rings. The normalized spacial score (nSPS) is 12.5. The summed E-state index contributed by atoms with van der Waals surface area (Å²) < 4.78 is 19.9. The lowest BCUT2D eigenvalue weighted by molar-refractivity contribution is 0.237. The van der Waals surface area contributed by atoms with Gasteiger partial charge in [0.15, 0.2) is 11.0 Å². The fourth-order valence-corrected chi connectivity index (χ4v) is 2.73. The lowest BCUT2D eigenvalue weighted by atomic mass is 10.00. The molecule has 0 radical (unpaired) electrons. The summed E-state index contributed by atoms with van der Waals surface area (Å²) in [6.07, 6.45) is 2.58. The Bertz CT molecular complexity index is 676. The molecule has 2 rings (SSSR count). The molecule has 0 saturated heterocycles. The van der Waals surface area contributed by atoms with E-state index in [1.165, 1.54) is 6.20 Å². The van der Waals surface area contributed by atoms with Gasteiger partial charge >= 0.3 is 0 Å². The molecule has 2 aromatic rings. The van der Waals surface area contributed by atoms with Crippen LogP contribution in [0.15, 0.2) is 24.4 Å². The maximum Gasteiger partial charge on any atom is 0.169 e. The van der Waals surface area contributed by atoms with Crippen molar-refractivity contribution >= 4 is 11.6 Å². The summed E-state index contributed by atoms with van der Waals surface area (Å²) >= 11 is 5.72. The van der Waals surface area contributed by atoms with Crippen molar-refractivity contribution in [2.45, 2.75) is 34.1 Å². The molecule has 0 aliphatic heterocycles. The van der Waals surface area contributed by atoms with Gasteiger partial charge in [-0.25, -0.2) is 14.4 Å². The Morgan fingerprint density at radius 2 is 1.96 bits per heavy atom. The molecule has 0 bridgehead atoms. The predicted octanol–water partition coefficient (Wildman–Crippen LogP) is 5.31. The zero-order chi connectivity index (χ0) is 17.0. The number of halogens is 2. The molecular weight excluding hydrogens is 315 g/mol. The molecule has 0 N–H and O–H groups in total. The Morgan fingerprint density at radius 1 is 1.22 bits per heavy atom. The third kappa shape index (κ3) is 4.64. The first-order valence-corrected chi connectivity index (χ1v) is 8.17. The van der Waals surface area contributed by atoms with Crippen molar-refractivity contribution in [3.63, 3.8) is 0 Å². The molecule has 3 nitrogen and oxygen atoms in total. The monoisotopic (exact) mass is 336 g/mol. The van der Waals surface area contributed by atoms with Crippen LogP contribution < -0.4 is 4.74 Å². The van der Waals surface area contributed by atoms with Crippen molar-refractivity contribution in [2.24, 2.45) is 11.8 Å². The van der Waals surface area contributed by atoms with Gasteiger partial charge < -0.3 is 4.74 Å². The average Bonchev–Trinajstić information content (AvgIpc) is 2.48. The van der Waals surface area contributed by atoms with Crippen LogP contribution in [-0.2, 0) is 0 Å². The molecule has 2 aromatic heterocycles. The molecule has 1 atom stereocenters. The van der Waals surface area contributed by atoms with Gasteiger partial charge in [-0.3, -0.25) is 0 Å². The molecular formula is C18H22ClFN2O. The molecule has 23 heavy (non-hydrogen) atoms. The van der Waals surface area contributed by atoms with E-state index in [1.807, 2.05) is 13.0 Å². The van der Waals surface area contributed by atoms with Crippen molar-refractivity contribution in [3.8, 4) is 17.0 Å². The Balaban J connectivity index is 2.13. The van der Waals surface area contributed by atoms with Gasteiger partial charge in [-0.15, -0.1) is 0 Å². The fraction of sp³-hybridized carbons (Fsp3) is 0.444. The van der Waals surface area contributed by atoms with Gasteiger partial charge in [0.05, 0.1) is 18.0 Å².